The molecule has 20 heavy (non-hydrogen) atoms. The van der Waals surface area contributed by atoms with Crippen LogP contribution in [-0.2, 0) is 19.5 Å². The lowest BCUT2D eigenvalue weighted by Crippen LogP contribution is -2.43. The second-order valence-electron chi connectivity index (χ2n) is 5.40. The van der Waals surface area contributed by atoms with Crippen LogP contribution < -0.4 is 5.32 Å². The fourth-order valence-electron chi connectivity index (χ4n) is 2.72. The fourth-order valence-corrected chi connectivity index (χ4v) is 2.72. The van der Waals surface area contributed by atoms with Crippen molar-refractivity contribution >= 4 is 0 Å². The van der Waals surface area contributed by atoms with E-state index in [0.717, 1.165) is 30.8 Å². The van der Waals surface area contributed by atoms with Gasteiger partial charge in [0.25, 0.3) is 0 Å². The number of aromatic nitrogens is 2. The Morgan fingerprint density at radius 1 is 1.40 bits per heavy atom. The van der Waals surface area contributed by atoms with Crippen LogP contribution in [0.1, 0.15) is 17.0 Å². The lowest BCUT2D eigenvalue weighted by Gasteiger charge is -2.27. The van der Waals surface area contributed by atoms with E-state index in [9.17, 15) is 4.39 Å². The minimum Gasteiger partial charge on any atom is -0.347 e. The average Bonchev–Trinajstić information content (AvgIpc) is 2.89. The molecule has 0 radical (unpaired) electrons. The van der Waals surface area contributed by atoms with Crippen molar-refractivity contribution in [2.75, 3.05) is 13.6 Å². The Morgan fingerprint density at radius 2 is 2.25 bits per heavy atom. The zero-order valence-corrected chi connectivity index (χ0v) is 11.6. The van der Waals surface area contributed by atoms with E-state index >= 15 is 0 Å². The average molecular weight is 274 g/mol. The number of rotatable bonds is 4. The topological polar surface area (TPSA) is 44.0 Å². The maximum absolute atomic E-state index is 13.6. The van der Waals surface area contributed by atoms with Gasteiger partial charge in [0.05, 0.1) is 17.7 Å². The highest BCUT2D eigenvalue weighted by Gasteiger charge is 2.21. The SMILES string of the molecule is CN(Cc1ccccc1F)CC1Cc2nc[nH]c2CN1. The van der Waals surface area contributed by atoms with E-state index in [2.05, 4.69) is 20.2 Å². The molecule has 1 aliphatic heterocycles. The molecule has 1 unspecified atom stereocenters. The second-order valence-corrected chi connectivity index (χ2v) is 5.40. The van der Waals surface area contributed by atoms with Gasteiger partial charge >= 0.3 is 0 Å². The summed E-state index contributed by atoms with van der Waals surface area (Å²) in [6.45, 7) is 2.33. The summed E-state index contributed by atoms with van der Waals surface area (Å²) < 4.78 is 13.6. The zero-order valence-electron chi connectivity index (χ0n) is 11.6. The summed E-state index contributed by atoms with van der Waals surface area (Å²) in [6, 6.07) is 7.31. The molecule has 2 aromatic rings. The third-order valence-corrected chi connectivity index (χ3v) is 3.74. The maximum atomic E-state index is 13.6. The molecule has 1 aromatic carbocycles. The third-order valence-electron chi connectivity index (χ3n) is 3.74. The van der Waals surface area contributed by atoms with Gasteiger partial charge in [-0.1, -0.05) is 18.2 Å². The lowest BCUT2D eigenvalue weighted by atomic mass is 10.0. The van der Waals surface area contributed by atoms with Gasteiger partial charge in [-0.05, 0) is 13.1 Å². The molecular weight excluding hydrogens is 255 g/mol. The van der Waals surface area contributed by atoms with Crippen LogP contribution in [-0.4, -0.2) is 34.5 Å². The summed E-state index contributed by atoms with van der Waals surface area (Å²) in [5.41, 5.74) is 3.07. The van der Waals surface area contributed by atoms with E-state index in [-0.39, 0.29) is 5.82 Å². The van der Waals surface area contributed by atoms with Gasteiger partial charge in [-0.3, -0.25) is 0 Å². The normalized spacial score (nSPS) is 18.2. The molecule has 0 aliphatic carbocycles. The predicted octanol–water partition coefficient (Wildman–Crippen LogP) is 1.70. The summed E-state index contributed by atoms with van der Waals surface area (Å²) in [5.74, 6) is -0.134. The van der Waals surface area contributed by atoms with Crippen molar-refractivity contribution in [1.82, 2.24) is 20.2 Å². The number of nitrogens with zero attached hydrogens (tertiary/aromatic N) is 2. The molecule has 0 bridgehead atoms. The Labute approximate surface area is 118 Å². The smallest absolute Gasteiger partial charge is 0.127 e. The number of H-pyrrole nitrogens is 1. The molecule has 0 fully saturated rings. The highest BCUT2D eigenvalue weighted by Crippen LogP contribution is 2.14. The molecule has 106 valence electrons. The number of hydrogen-bond donors (Lipinski definition) is 2. The first kappa shape index (κ1) is 13.3. The Bertz CT molecular complexity index is 581. The number of fused-ring (bicyclic) bond motifs is 1. The highest BCUT2D eigenvalue weighted by atomic mass is 19.1. The van der Waals surface area contributed by atoms with Crippen molar-refractivity contribution in [3.05, 3.63) is 53.4 Å². The van der Waals surface area contributed by atoms with Gasteiger partial charge in [-0.25, -0.2) is 9.37 Å². The van der Waals surface area contributed by atoms with Crippen LogP contribution in [0.15, 0.2) is 30.6 Å². The highest BCUT2D eigenvalue weighted by molar-refractivity contribution is 5.18. The monoisotopic (exact) mass is 274 g/mol. The van der Waals surface area contributed by atoms with Crippen LogP contribution in [0.25, 0.3) is 0 Å². The number of benzene rings is 1. The summed E-state index contributed by atoms with van der Waals surface area (Å²) in [4.78, 5) is 9.63. The minimum atomic E-state index is -0.134. The van der Waals surface area contributed by atoms with Crippen LogP contribution in [0.2, 0.25) is 0 Å². The Hall–Kier alpha value is -1.72. The van der Waals surface area contributed by atoms with Gasteiger partial charge < -0.3 is 15.2 Å². The molecule has 4 nitrogen and oxygen atoms in total. The molecule has 1 atom stereocenters. The van der Waals surface area contributed by atoms with Crippen molar-refractivity contribution in [3.8, 4) is 0 Å². The lowest BCUT2D eigenvalue weighted by molar-refractivity contribution is 0.269. The fraction of sp³-hybridized carbons (Fsp3) is 0.400. The Kier molecular flexibility index (Phi) is 3.80. The van der Waals surface area contributed by atoms with Crippen molar-refractivity contribution in [2.45, 2.75) is 25.6 Å². The molecule has 2 heterocycles. The van der Waals surface area contributed by atoms with Gasteiger partial charge in [-0.2, -0.15) is 0 Å². The van der Waals surface area contributed by atoms with E-state index in [0.29, 0.717) is 12.6 Å². The van der Waals surface area contributed by atoms with Crippen LogP contribution in [0.3, 0.4) is 0 Å². The van der Waals surface area contributed by atoms with Crippen molar-refractivity contribution < 1.29 is 4.39 Å². The first-order valence-electron chi connectivity index (χ1n) is 6.89. The molecular formula is C15H19FN4. The zero-order chi connectivity index (χ0) is 13.9. The van der Waals surface area contributed by atoms with Crippen molar-refractivity contribution in [1.29, 1.82) is 0 Å². The quantitative estimate of drug-likeness (QED) is 0.892. The first-order chi connectivity index (χ1) is 9.72. The standard InChI is InChI=1S/C15H19FN4/c1-20(8-11-4-2-3-5-13(11)16)9-12-6-14-15(7-17-12)19-10-18-14/h2-5,10,12,17H,6-9H2,1H3,(H,18,19). The number of hydrogen-bond acceptors (Lipinski definition) is 3. The van der Waals surface area contributed by atoms with E-state index < -0.39 is 0 Å². The molecule has 0 saturated carbocycles. The number of likely N-dealkylation sites (N-methyl/N-ethyl adjacent to an activating group) is 1. The molecule has 1 aromatic heterocycles. The van der Waals surface area contributed by atoms with Crippen LogP contribution >= 0.6 is 0 Å². The predicted molar refractivity (Wildman–Crippen MR) is 75.7 cm³/mol. The Morgan fingerprint density at radius 3 is 3.10 bits per heavy atom. The first-order valence-corrected chi connectivity index (χ1v) is 6.89. The maximum Gasteiger partial charge on any atom is 0.127 e. The molecule has 2 N–H and O–H groups in total. The van der Waals surface area contributed by atoms with E-state index in [4.69, 9.17) is 0 Å². The summed E-state index contributed by atoms with van der Waals surface area (Å²) in [7, 11) is 2.02. The molecule has 5 heteroatoms. The second kappa shape index (κ2) is 5.73. The third kappa shape index (κ3) is 2.89. The van der Waals surface area contributed by atoms with Gasteiger partial charge in [0, 0.05) is 37.7 Å². The van der Waals surface area contributed by atoms with Crippen LogP contribution in [0.4, 0.5) is 4.39 Å². The summed E-state index contributed by atoms with van der Waals surface area (Å²) in [5, 5.41) is 3.49. The Balaban J connectivity index is 1.58. The minimum absolute atomic E-state index is 0.134. The molecule has 0 saturated heterocycles. The van der Waals surface area contributed by atoms with E-state index in [1.165, 1.54) is 11.8 Å². The summed E-state index contributed by atoms with van der Waals surface area (Å²) in [6.07, 6.45) is 2.66. The number of nitrogens with one attached hydrogen (secondary N) is 2. The van der Waals surface area contributed by atoms with Gasteiger partial charge in [0.1, 0.15) is 5.82 Å². The summed E-state index contributed by atoms with van der Waals surface area (Å²) >= 11 is 0. The molecule has 3 rings (SSSR count). The molecule has 1 aliphatic rings. The number of halogens is 1. The van der Waals surface area contributed by atoms with Gasteiger partial charge in [0.2, 0.25) is 0 Å². The van der Waals surface area contributed by atoms with Gasteiger partial charge in [-0.15, -0.1) is 0 Å². The molecule has 0 spiro atoms. The van der Waals surface area contributed by atoms with Crippen molar-refractivity contribution in [3.63, 3.8) is 0 Å². The molecule has 0 amide bonds. The largest absolute Gasteiger partial charge is 0.347 e. The van der Waals surface area contributed by atoms with Crippen LogP contribution in [0, 0.1) is 5.82 Å². The number of imidazole rings is 1. The van der Waals surface area contributed by atoms with E-state index in [1.807, 2.05) is 19.2 Å². The van der Waals surface area contributed by atoms with E-state index in [1.54, 1.807) is 12.4 Å². The number of aromatic amines is 1. The van der Waals surface area contributed by atoms with Crippen molar-refractivity contribution in [2.24, 2.45) is 0 Å². The van der Waals surface area contributed by atoms with Crippen LogP contribution in [0.5, 0.6) is 0 Å². The van der Waals surface area contributed by atoms with Gasteiger partial charge in [0.15, 0.2) is 0 Å².